The van der Waals surface area contributed by atoms with Gasteiger partial charge in [-0.25, -0.2) is 13.4 Å². The normalized spacial score (nSPS) is 13.0. The molecule has 0 aliphatic carbocycles. The first kappa shape index (κ1) is 18.0. The molecule has 3 aromatic rings. The standard InChI is InChI=1S/C20H18N4O3S/c1-24(16-5-3-2-4-6-16)19-10-7-15(13-21-19)23-28(26,27)17-8-9-18-14(11-17)12-20(25)22-18/h2-11,13,23H,12H2,1H3,(H,22,25). The van der Waals surface area contributed by atoms with Gasteiger partial charge in [-0.2, -0.15) is 0 Å². The highest BCUT2D eigenvalue weighted by atomic mass is 32.2. The van der Waals surface area contributed by atoms with Crippen LogP contribution in [0.1, 0.15) is 5.56 Å². The van der Waals surface area contributed by atoms with E-state index >= 15 is 0 Å². The molecular formula is C20H18N4O3S. The van der Waals surface area contributed by atoms with Crippen molar-refractivity contribution in [3.8, 4) is 0 Å². The number of fused-ring (bicyclic) bond motifs is 1. The van der Waals surface area contributed by atoms with Crippen molar-refractivity contribution >= 4 is 38.8 Å². The monoisotopic (exact) mass is 394 g/mol. The van der Waals surface area contributed by atoms with Gasteiger partial charge < -0.3 is 10.2 Å². The Morgan fingerprint density at radius 3 is 2.57 bits per heavy atom. The summed E-state index contributed by atoms with van der Waals surface area (Å²) < 4.78 is 27.9. The number of nitrogens with zero attached hydrogens (tertiary/aromatic N) is 2. The van der Waals surface area contributed by atoms with E-state index in [0.29, 0.717) is 22.8 Å². The van der Waals surface area contributed by atoms with E-state index in [1.807, 2.05) is 42.3 Å². The van der Waals surface area contributed by atoms with Crippen molar-refractivity contribution in [1.29, 1.82) is 0 Å². The van der Waals surface area contributed by atoms with Crippen LogP contribution in [0.5, 0.6) is 0 Å². The van der Waals surface area contributed by atoms with Crippen molar-refractivity contribution in [2.75, 3.05) is 22.0 Å². The molecular weight excluding hydrogens is 376 g/mol. The lowest BCUT2D eigenvalue weighted by molar-refractivity contribution is -0.115. The predicted molar refractivity (Wildman–Crippen MR) is 108 cm³/mol. The van der Waals surface area contributed by atoms with Crippen molar-refractivity contribution < 1.29 is 13.2 Å². The van der Waals surface area contributed by atoms with Crippen LogP contribution in [0, 0.1) is 0 Å². The summed E-state index contributed by atoms with van der Waals surface area (Å²) in [4.78, 5) is 17.8. The summed E-state index contributed by atoms with van der Waals surface area (Å²) in [7, 11) is -1.89. The maximum atomic E-state index is 12.7. The number of rotatable bonds is 5. The number of sulfonamides is 1. The molecule has 0 radical (unpaired) electrons. The van der Waals surface area contributed by atoms with Crippen LogP contribution < -0.4 is 14.9 Å². The summed E-state index contributed by atoms with van der Waals surface area (Å²) in [6.07, 6.45) is 1.66. The van der Waals surface area contributed by atoms with Gasteiger partial charge in [0.15, 0.2) is 0 Å². The van der Waals surface area contributed by atoms with Gasteiger partial charge in [0.25, 0.3) is 10.0 Å². The molecule has 2 aromatic carbocycles. The largest absolute Gasteiger partial charge is 0.329 e. The van der Waals surface area contributed by atoms with Crippen molar-refractivity contribution in [3.63, 3.8) is 0 Å². The van der Waals surface area contributed by atoms with Gasteiger partial charge in [0.2, 0.25) is 5.91 Å². The molecule has 0 unspecified atom stereocenters. The van der Waals surface area contributed by atoms with E-state index in [4.69, 9.17) is 0 Å². The molecule has 0 saturated carbocycles. The maximum absolute atomic E-state index is 12.7. The second-order valence-corrected chi connectivity index (χ2v) is 8.13. The van der Waals surface area contributed by atoms with E-state index in [1.54, 1.807) is 18.2 Å². The van der Waals surface area contributed by atoms with Crippen LogP contribution in [0.15, 0.2) is 71.8 Å². The molecule has 0 atom stereocenters. The first-order valence-electron chi connectivity index (χ1n) is 8.63. The fourth-order valence-corrected chi connectivity index (χ4v) is 4.11. The number of nitrogens with one attached hydrogen (secondary N) is 2. The molecule has 8 heteroatoms. The number of hydrogen-bond acceptors (Lipinski definition) is 5. The Morgan fingerprint density at radius 2 is 1.86 bits per heavy atom. The van der Waals surface area contributed by atoms with Crippen molar-refractivity contribution in [2.45, 2.75) is 11.3 Å². The minimum absolute atomic E-state index is 0.105. The third kappa shape index (κ3) is 3.54. The van der Waals surface area contributed by atoms with Crippen molar-refractivity contribution in [2.24, 2.45) is 0 Å². The molecule has 2 N–H and O–H groups in total. The molecule has 4 rings (SSSR count). The summed E-state index contributed by atoms with van der Waals surface area (Å²) in [5.41, 5.74) is 2.66. The summed E-state index contributed by atoms with van der Waals surface area (Å²) in [5.74, 6) is 0.552. The molecule has 1 aromatic heterocycles. The number of carbonyl (C=O) groups is 1. The smallest absolute Gasteiger partial charge is 0.261 e. The highest BCUT2D eigenvalue weighted by molar-refractivity contribution is 7.92. The van der Waals surface area contributed by atoms with E-state index in [2.05, 4.69) is 15.0 Å². The Morgan fingerprint density at radius 1 is 1.07 bits per heavy atom. The van der Waals surface area contributed by atoms with Gasteiger partial charge >= 0.3 is 0 Å². The Balaban J connectivity index is 1.53. The van der Waals surface area contributed by atoms with Crippen LogP contribution in [-0.4, -0.2) is 26.4 Å². The van der Waals surface area contributed by atoms with Gasteiger partial charge in [0.1, 0.15) is 5.82 Å². The minimum Gasteiger partial charge on any atom is -0.329 e. The molecule has 0 bridgehead atoms. The molecule has 0 spiro atoms. The predicted octanol–water partition coefficient (Wildman–Crippen LogP) is 3.14. The highest BCUT2D eigenvalue weighted by Crippen LogP contribution is 2.27. The van der Waals surface area contributed by atoms with Crippen LogP contribution >= 0.6 is 0 Å². The molecule has 0 fully saturated rings. The van der Waals surface area contributed by atoms with Gasteiger partial charge in [-0.05, 0) is 48.0 Å². The molecule has 1 amide bonds. The fraction of sp³-hybridized carbons (Fsp3) is 0.100. The second kappa shape index (κ2) is 6.97. The lowest BCUT2D eigenvalue weighted by atomic mass is 10.2. The summed E-state index contributed by atoms with van der Waals surface area (Å²) in [5, 5.41) is 2.69. The van der Waals surface area contributed by atoms with Crippen LogP contribution in [0.2, 0.25) is 0 Å². The quantitative estimate of drug-likeness (QED) is 0.694. The van der Waals surface area contributed by atoms with E-state index in [1.165, 1.54) is 18.3 Å². The molecule has 1 aliphatic rings. The molecule has 1 aliphatic heterocycles. The Labute approximate surface area is 163 Å². The Bertz CT molecular complexity index is 1130. The number of anilines is 4. The molecule has 28 heavy (non-hydrogen) atoms. The van der Waals surface area contributed by atoms with E-state index < -0.39 is 10.0 Å². The average Bonchev–Trinajstić information content (AvgIpc) is 3.07. The van der Waals surface area contributed by atoms with E-state index in [0.717, 1.165) is 5.69 Å². The zero-order valence-corrected chi connectivity index (χ0v) is 15.9. The van der Waals surface area contributed by atoms with Crippen molar-refractivity contribution in [3.05, 3.63) is 72.4 Å². The number of pyridine rings is 1. The van der Waals surface area contributed by atoms with Gasteiger partial charge in [-0.1, -0.05) is 18.2 Å². The first-order valence-corrected chi connectivity index (χ1v) is 10.1. The molecule has 142 valence electrons. The second-order valence-electron chi connectivity index (χ2n) is 6.45. The minimum atomic E-state index is -3.78. The van der Waals surface area contributed by atoms with Gasteiger partial charge in [-0.15, -0.1) is 0 Å². The molecule has 0 saturated heterocycles. The fourth-order valence-electron chi connectivity index (χ4n) is 3.02. The maximum Gasteiger partial charge on any atom is 0.261 e. The van der Waals surface area contributed by atoms with Gasteiger partial charge in [0.05, 0.1) is 23.2 Å². The lowest BCUT2D eigenvalue weighted by Crippen LogP contribution is -2.14. The SMILES string of the molecule is CN(c1ccccc1)c1ccc(NS(=O)(=O)c2ccc3c(c2)CC(=O)N3)cn1. The van der Waals surface area contributed by atoms with E-state index in [9.17, 15) is 13.2 Å². The summed E-state index contributed by atoms with van der Waals surface area (Å²) >= 11 is 0. The summed E-state index contributed by atoms with van der Waals surface area (Å²) in [6.45, 7) is 0. The van der Waals surface area contributed by atoms with Gasteiger partial charge in [0, 0.05) is 18.4 Å². The summed E-state index contributed by atoms with van der Waals surface area (Å²) in [6, 6.07) is 17.7. The van der Waals surface area contributed by atoms with Crippen LogP contribution in [0.3, 0.4) is 0 Å². The molecule has 2 heterocycles. The number of para-hydroxylation sites is 1. The first-order chi connectivity index (χ1) is 13.4. The van der Waals surface area contributed by atoms with Gasteiger partial charge in [-0.3, -0.25) is 9.52 Å². The molecule has 7 nitrogen and oxygen atoms in total. The number of hydrogen-bond donors (Lipinski definition) is 2. The third-order valence-corrected chi connectivity index (χ3v) is 5.88. The lowest BCUT2D eigenvalue weighted by Gasteiger charge is -2.18. The highest BCUT2D eigenvalue weighted by Gasteiger charge is 2.22. The van der Waals surface area contributed by atoms with Crippen LogP contribution in [0.4, 0.5) is 22.9 Å². The number of carbonyl (C=O) groups excluding carboxylic acids is 1. The number of benzene rings is 2. The zero-order chi connectivity index (χ0) is 19.7. The van der Waals surface area contributed by atoms with Crippen LogP contribution in [-0.2, 0) is 21.2 Å². The average molecular weight is 394 g/mol. The Hall–Kier alpha value is -3.39. The topological polar surface area (TPSA) is 91.4 Å². The van der Waals surface area contributed by atoms with E-state index in [-0.39, 0.29) is 17.2 Å². The van der Waals surface area contributed by atoms with Crippen molar-refractivity contribution in [1.82, 2.24) is 4.98 Å². The number of amides is 1. The zero-order valence-electron chi connectivity index (χ0n) is 15.1. The third-order valence-electron chi connectivity index (χ3n) is 4.50. The Kier molecular flexibility index (Phi) is 4.48. The van der Waals surface area contributed by atoms with Crippen LogP contribution in [0.25, 0.3) is 0 Å². The number of aromatic nitrogens is 1.